The summed E-state index contributed by atoms with van der Waals surface area (Å²) in [5.74, 6) is -7.49. The van der Waals surface area contributed by atoms with Crippen molar-refractivity contribution in [3.05, 3.63) is 58.0 Å². The smallest absolute Gasteiger partial charge is 0.312 e. The maximum Gasteiger partial charge on any atom is 0.312 e. The Hall–Kier alpha value is -4.83. The number of hydrogen-bond donors (Lipinski definition) is 6. The molecule has 0 saturated carbocycles. The highest BCUT2D eigenvalue weighted by Gasteiger charge is 2.50. The number of phenols is 2. The van der Waals surface area contributed by atoms with Crippen LogP contribution in [0.3, 0.4) is 0 Å². The lowest BCUT2D eigenvalue weighted by atomic mass is 9.76. The molecule has 1 fully saturated rings. The zero-order chi connectivity index (χ0) is 44.9. The minimum Gasteiger partial charge on any atom is -0.507 e. The summed E-state index contributed by atoms with van der Waals surface area (Å²) in [5, 5.41) is 61.0. The van der Waals surface area contributed by atoms with E-state index >= 15 is 0 Å². The van der Waals surface area contributed by atoms with E-state index in [0.717, 1.165) is 6.54 Å². The molecule has 332 valence electrons. The first kappa shape index (κ1) is 45.7. The quantitative estimate of drug-likeness (QED) is 0.187. The number of Topliss-reactive ketones (excluding diaryl/α,β-unsaturated/α-hetero) is 1. The first-order valence-electron chi connectivity index (χ1n) is 21.3. The van der Waals surface area contributed by atoms with E-state index in [1.807, 2.05) is 0 Å². The third-order valence-corrected chi connectivity index (χ3v) is 13.1. The summed E-state index contributed by atoms with van der Waals surface area (Å²) >= 11 is 0. The highest BCUT2D eigenvalue weighted by molar-refractivity contribution is 6.21. The highest BCUT2D eigenvalue weighted by atomic mass is 16.7. The summed E-state index contributed by atoms with van der Waals surface area (Å²) < 4.78 is 18.1. The van der Waals surface area contributed by atoms with Gasteiger partial charge in [-0.3, -0.25) is 19.4 Å². The van der Waals surface area contributed by atoms with Crippen molar-refractivity contribution in [3.8, 4) is 17.2 Å². The molecule has 2 aromatic carbocycles. The van der Waals surface area contributed by atoms with Crippen molar-refractivity contribution in [3.63, 3.8) is 0 Å². The predicted molar refractivity (Wildman–Crippen MR) is 227 cm³/mol. The lowest BCUT2D eigenvalue weighted by molar-refractivity contribution is -0.159. The summed E-state index contributed by atoms with van der Waals surface area (Å²) in [7, 11) is 0. The number of allylic oxidation sites excluding steroid dienone is 2. The zero-order valence-corrected chi connectivity index (χ0v) is 36.9. The number of amides is 1. The van der Waals surface area contributed by atoms with Gasteiger partial charge in [-0.15, -0.1) is 0 Å². The van der Waals surface area contributed by atoms with Gasteiger partial charge in [-0.05, 0) is 25.8 Å². The van der Waals surface area contributed by atoms with Gasteiger partial charge in [0.15, 0.2) is 5.75 Å². The van der Waals surface area contributed by atoms with Gasteiger partial charge in [0.2, 0.25) is 0 Å². The average molecular weight is 847 g/mol. The maximum absolute atomic E-state index is 14.7. The number of aromatic hydroxyl groups is 2. The van der Waals surface area contributed by atoms with Crippen molar-refractivity contribution in [2.75, 3.05) is 31.6 Å². The molecule has 6 rings (SSSR count). The number of anilines is 1. The molecule has 0 radical (unpaired) electrons. The Balaban J connectivity index is 1.55. The van der Waals surface area contributed by atoms with Crippen molar-refractivity contribution in [1.29, 1.82) is 0 Å². The number of nitrogens with one attached hydrogen (secondary N) is 1. The number of rotatable bonds is 4. The number of fused-ring (bicyclic) bond motifs is 1. The molecule has 1 spiro atoms. The van der Waals surface area contributed by atoms with Gasteiger partial charge in [-0.1, -0.05) is 59.8 Å². The standard InChI is InChI=1S/C46H62N4O11/c1-22(2)20-50-17-15-46(16-18-50)48-34-31-32-39(55)28(8)42-33(31)43(57)45(10,61-42)59-19-14-30(21-51)25(5)41(60-29(9)52)27(7)38(54)26(6)37(53)23(3)12-11-13-24(4)44(58)47-36(40(32)56)35(34)49-46/h11-14,19,22-23,25-27,30,37-38,41,48,51,53-56H,15-18,20-21H2,1-10H3/b12-11+,19-14+,24-13-,47-36?/t23-,25+,26+,27+,30+,37-,38?,41+,45-/m0/s1. The van der Waals surface area contributed by atoms with Crippen molar-refractivity contribution in [1.82, 2.24) is 4.90 Å². The highest BCUT2D eigenvalue weighted by Crippen LogP contribution is 2.51. The monoisotopic (exact) mass is 846 g/mol. The lowest BCUT2D eigenvalue weighted by Crippen LogP contribution is -2.47. The van der Waals surface area contributed by atoms with Crippen LogP contribution in [0.2, 0.25) is 0 Å². The van der Waals surface area contributed by atoms with E-state index in [4.69, 9.17) is 19.2 Å². The van der Waals surface area contributed by atoms with E-state index in [9.17, 15) is 39.9 Å². The van der Waals surface area contributed by atoms with Crippen LogP contribution in [0.25, 0.3) is 10.8 Å². The molecule has 6 N–H and O–H groups in total. The second kappa shape index (κ2) is 17.5. The van der Waals surface area contributed by atoms with Crippen LogP contribution in [0, 0.1) is 42.4 Å². The van der Waals surface area contributed by atoms with E-state index < -0.39 is 89.4 Å². The summed E-state index contributed by atoms with van der Waals surface area (Å²) in [5.41, 5.74) is -0.176. The van der Waals surface area contributed by atoms with Gasteiger partial charge in [-0.25, -0.2) is 4.99 Å². The molecule has 9 atom stereocenters. The van der Waals surface area contributed by atoms with E-state index in [-0.39, 0.29) is 49.7 Å². The number of likely N-dealkylation sites (tertiary alicyclic amines) is 1. The Morgan fingerprint density at radius 2 is 1.66 bits per heavy atom. The molecule has 0 aromatic heterocycles. The third kappa shape index (κ3) is 8.54. The molecule has 1 unspecified atom stereocenters. The molecule has 1 saturated heterocycles. The first-order valence-corrected chi connectivity index (χ1v) is 21.3. The van der Waals surface area contributed by atoms with Gasteiger partial charge >= 0.3 is 11.8 Å². The average Bonchev–Trinajstić information content (AvgIpc) is 3.71. The number of phenolic OH excluding ortho intramolecular Hbond substituents is 2. The van der Waals surface area contributed by atoms with Crippen molar-refractivity contribution >= 4 is 34.1 Å². The van der Waals surface area contributed by atoms with Crippen LogP contribution in [0.4, 0.5) is 5.69 Å². The summed E-state index contributed by atoms with van der Waals surface area (Å²) in [6.45, 7) is 19.0. The number of ketones is 1. The fourth-order valence-electron chi connectivity index (χ4n) is 9.25. The molecule has 4 aliphatic heterocycles. The topological polar surface area (TPSA) is 220 Å². The molecule has 61 heavy (non-hydrogen) atoms. The molecule has 0 aliphatic carbocycles. The van der Waals surface area contributed by atoms with Gasteiger partial charge < -0.3 is 50.0 Å². The van der Waals surface area contributed by atoms with E-state index in [1.165, 1.54) is 32.3 Å². The van der Waals surface area contributed by atoms with Crippen LogP contribution >= 0.6 is 0 Å². The van der Waals surface area contributed by atoms with Crippen LogP contribution < -0.4 is 20.8 Å². The summed E-state index contributed by atoms with van der Waals surface area (Å²) in [6.07, 6.45) is 5.63. The van der Waals surface area contributed by atoms with Gasteiger partial charge in [0.25, 0.3) is 11.7 Å². The van der Waals surface area contributed by atoms with Gasteiger partial charge in [0, 0.05) is 99.0 Å². The molecule has 1 amide bonds. The molecular weight excluding hydrogens is 785 g/mol. The van der Waals surface area contributed by atoms with Crippen LogP contribution in [-0.4, -0.2) is 104 Å². The molecule has 4 heterocycles. The molecule has 15 heteroatoms. The third-order valence-electron chi connectivity index (χ3n) is 13.1. The summed E-state index contributed by atoms with van der Waals surface area (Å²) in [6, 6.07) is 0. The van der Waals surface area contributed by atoms with Crippen LogP contribution in [0.5, 0.6) is 17.2 Å². The minimum atomic E-state index is -1.98. The van der Waals surface area contributed by atoms with E-state index in [0.29, 0.717) is 37.5 Å². The number of aliphatic hydroxyl groups is 3. The molecule has 15 nitrogen and oxygen atoms in total. The normalized spacial score (nSPS) is 32.7. The van der Waals surface area contributed by atoms with Crippen molar-refractivity contribution in [2.45, 2.75) is 112 Å². The van der Waals surface area contributed by atoms with Crippen molar-refractivity contribution < 1.29 is 54.1 Å². The molecular formula is C46H62N4O11. The van der Waals surface area contributed by atoms with E-state index in [1.54, 1.807) is 53.7 Å². The Labute approximate surface area is 356 Å². The lowest BCUT2D eigenvalue weighted by Gasteiger charge is -2.38. The minimum absolute atomic E-state index is 0.0357. The Kier molecular flexibility index (Phi) is 13.1. The van der Waals surface area contributed by atoms with Gasteiger partial charge in [0.1, 0.15) is 34.0 Å². The molecule has 2 aromatic rings. The fourth-order valence-corrected chi connectivity index (χ4v) is 9.25. The SMILES string of the molecule is CC(=O)O[C@@H]1[C@H](C)[C@@H](CO)/C=C/O[C@@]2(C)Oc3c(C)c(O)c4c(O)c(c5c(c4c3C2=O)NC2(CCN(CC(C)C)CC2)N=5)=NC(=O)/C(C)=C\C=C\[C@H](C)[C@H](O)[C@@H](C)C(O)[C@H]1C. The molecule has 4 aliphatic rings. The first-order chi connectivity index (χ1) is 28.6. The number of esters is 1. The summed E-state index contributed by atoms with van der Waals surface area (Å²) in [4.78, 5) is 52.8. The van der Waals surface area contributed by atoms with Gasteiger partial charge in [0.05, 0.1) is 35.1 Å². The fraction of sp³-hybridized carbons (Fsp3) is 0.587. The van der Waals surface area contributed by atoms with Crippen molar-refractivity contribution in [2.24, 2.45) is 45.5 Å². The van der Waals surface area contributed by atoms with Gasteiger partial charge in [-0.2, -0.15) is 0 Å². The zero-order valence-electron chi connectivity index (χ0n) is 36.9. The Morgan fingerprint density at radius 1 is 0.984 bits per heavy atom. The second-order valence-corrected chi connectivity index (χ2v) is 18.1. The van der Waals surface area contributed by atoms with Crippen LogP contribution in [0.1, 0.15) is 91.1 Å². The Morgan fingerprint density at radius 3 is 2.28 bits per heavy atom. The largest absolute Gasteiger partial charge is 0.507 e. The molecule has 4 bridgehead atoms. The maximum atomic E-state index is 14.7. The number of carbonyl (C=O) groups is 3. The number of hydrogen-bond acceptors (Lipinski definition) is 14. The number of piperidine rings is 1. The number of aliphatic hydroxyl groups excluding tert-OH is 3. The Bertz CT molecular complexity index is 2300. The number of nitrogens with zero attached hydrogens (tertiary/aromatic N) is 3. The van der Waals surface area contributed by atoms with Crippen LogP contribution in [0.15, 0.2) is 46.1 Å². The number of carbonyl (C=O) groups excluding carboxylic acids is 3. The second-order valence-electron chi connectivity index (χ2n) is 18.1. The van der Waals surface area contributed by atoms with Crippen LogP contribution in [-0.2, 0) is 19.1 Å². The predicted octanol–water partition coefficient (Wildman–Crippen LogP) is 4.34. The number of benzene rings is 2. The van der Waals surface area contributed by atoms with E-state index in [2.05, 4.69) is 29.1 Å². The number of ether oxygens (including phenoxy) is 3.